The lowest BCUT2D eigenvalue weighted by molar-refractivity contribution is -0.117. The first-order valence-electron chi connectivity index (χ1n) is 10.3. The number of nitrogens with one attached hydrogen (secondary N) is 1. The van der Waals surface area contributed by atoms with Crippen molar-refractivity contribution in [2.75, 3.05) is 0 Å². The molecule has 0 radical (unpaired) electrons. The van der Waals surface area contributed by atoms with Gasteiger partial charge in [-0.2, -0.15) is 0 Å². The minimum Gasteiger partial charge on any atom is -0.346 e. The third-order valence-electron chi connectivity index (χ3n) is 5.91. The number of hydrogen-bond acceptors (Lipinski definition) is 2. The van der Waals surface area contributed by atoms with Gasteiger partial charge in [-0.1, -0.05) is 54.6 Å². The van der Waals surface area contributed by atoms with E-state index in [9.17, 15) is 9.59 Å². The van der Waals surface area contributed by atoms with Crippen LogP contribution in [0.5, 0.6) is 0 Å². The first-order valence-corrected chi connectivity index (χ1v) is 11.1. The number of Topliss-reactive ketones (excluding diaryl/α,β-unsaturated/α-hetero) is 1. The van der Waals surface area contributed by atoms with Gasteiger partial charge >= 0.3 is 0 Å². The normalized spacial score (nSPS) is 14.8. The Balaban J connectivity index is 1.70. The lowest BCUT2D eigenvalue weighted by Crippen LogP contribution is -2.40. The zero-order chi connectivity index (χ0) is 21.3. The average Bonchev–Trinajstić information content (AvgIpc) is 3.00. The van der Waals surface area contributed by atoms with Crippen LogP contribution in [0.4, 0.5) is 0 Å². The SMILES string of the molecule is Cc1c(C(=O)C(=O)NC2CCCCC2)c2cc(Cl)ccc2n1Cc1ccc(Cl)cc1. The molecule has 1 fully saturated rings. The average molecular weight is 443 g/mol. The number of rotatable bonds is 5. The number of hydrogen-bond donors (Lipinski definition) is 1. The Kier molecular flexibility index (Phi) is 6.16. The summed E-state index contributed by atoms with van der Waals surface area (Å²) in [5.41, 5.74) is 3.11. The number of halogens is 2. The zero-order valence-electron chi connectivity index (χ0n) is 16.9. The van der Waals surface area contributed by atoms with Crippen LogP contribution in [0.3, 0.4) is 0 Å². The van der Waals surface area contributed by atoms with Gasteiger partial charge in [0.2, 0.25) is 0 Å². The highest BCUT2D eigenvalue weighted by Crippen LogP contribution is 2.30. The van der Waals surface area contributed by atoms with Gasteiger partial charge in [-0.25, -0.2) is 0 Å². The molecule has 4 rings (SSSR count). The van der Waals surface area contributed by atoms with Crippen LogP contribution in [-0.2, 0) is 11.3 Å². The van der Waals surface area contributed by atoms with E-state index in [2.05, 4.69) is 9.88 Å². The summed E-state index contributed by atoms with van der Waals surface area (Å²) in [6, 6.07) is 13.2. The van der Waals surface area contributed by atoms with Gasteiger partial charge in [0.05, 0.1) is 5.56 Å². The number of carbonyl (C=O) groups excluding carboxylic acids is 2. The predicted molar refractivity (Wildman–Crippen MR) is 122 cm³/mol. The molecule has 0 spiro atoms. The van der Waals surface area contributed by atoms with Gasteiger partial charge in [0.15, 0.2) is 0 Å². The summed E-state index contributed by atoms with van der Waals surface area (Å²) in [7, 11) is 0. The number of fused-ring (bicyclic) bond motifs is 1. The van der Waals surface area contributed by atoms with Crippen molar-refractivity contribution in [2.24, 2.45) is 0 Å². The van der Waals surface area contributed by atoms with E-state index in [-0.39, 0.29) is 6.04 Å². The van der Waals surface area contributed by atoms with E-state index in [1.807, 2.05) is 37.3 Å². The van der Waals surface area contributed by atoms with Crippen molar-refractivity contribution in [1.29, 1.82) is 0 Å². The van der Waals surface area contributed by atoms with Gasteiger partial charge in [0, 0.05) is 39.2 Å². The Hall–Kier alpha value is -2.30. The van der Waals surface area contributed by atoms with Gasteiger partial charge in [0.1, 0.15) is 0 Å². The summed E-state index contributed by atoms with van der Waals surface area (Å²) in [6.45, 7) is 2.45. The molecule has 1 aliphatic carbocycles. The number of nitrogens with zero attached hydrogens (tertiary/aromatic N) is 1. The summed E-state index contributed by atoms with van der Waals surface area (Å²) in [5, 5.41) is 4.86. The van der Waals surface area contributed by atoms with E-state index in [1.54, 1.807) is 12.1 Å². The van der Waals surface area contributed by atoms with Crippen LogP contribution in [0.1, 0.15) is 53.7 Å². The Labute approximate surface area is 186 Å². The van der Waals surface area contributed by atoms with Gasteiger partial charge in [-0.15, -0.1) is 0 Å². The fourth-order valence-electron chi connectivity index (χ4n) is 4.33. The van der Waals surface area contributed by atoms with Crippen LogP contribution < -0.4 is 5.32 Å². The molecule has 3 aromatic rings. The molecule has 6 heteroatoms. The lowest BCUT2D eigenvalue weighted by Gasteiger charge is -2.22. The molecule has 1 heterocycles. The van der Waals surface area contributed by atoms with Crippen molar-refractivity contribution in [3.05, 3.63) is 69.3 Å². The van der Waals surface area contributed by atoms with Gasteiger partial charge in [-0.05, 0) is 55.7 Å². The molecule has 0 aliphatic heterocycles. The van der Waals surface area contributed by atoms with Crippen molar-refractivity contribution < 1.29 is 9.59 Å². The third kappa shape index (κ3) is 4.26. The van der Waals surface area contributed by atoms with Crippen LogP contribution in [0, 0.1) is 6.92 Å². The minimum absolute atomic E-state index is 0.0847. The lowest BCUT2D eigenvalue weighted by atomic mass is 9.95. The molecule has 1 amide bonds. The molecule has 30 heavy (non-hydrogen) atoms. The Morgan fingerprint density at radius 3 is 2.37 bits per heavy atom. The second-order valence-corrected chi connectivity index (χ2v) is 8.84. The number of carbonyl (C=O) groups is 2. The van der Waals surface area contributed by atoms with Crippen LogP contribution >= 0.6 is 23.2 Å². The van der Waals surface area contributed by atoms with E-state index in [0.717, 1.165) is 42.5 Å². The van der Waals surface area contributed by atoms with Crippen molar-refractivity contribution in [3.8, 4) is 0 Å². The smallest absolute Gasteiger partial charge is 0.292 e. The van der Waals surface area contributed by atoms with Crippen molar-refractivity contribution >= 4 is 45.8 Å². The van der Waals surface area contributed by atoms with Gasteiger partial charge in [-0.3, -0.25) is 9.59 Å². The molecular formula is C24H24Cl2N2O2. The fraction of sp³-hybridized carbons (Fsp3) is 0.333. The number of aromatic nitrogens is 1. The van der Waals surface area contributed by atoms with E-state index >= 15 is 0 Å². The summed E-state index contributed by atoms with van der Waals surface area (Å²) in [6.07, 6.45) is 5.24. The Bertz CT molecular complexity index is 1100. The molecular weight excluding hydrogens is 419 g/mol. The molecule has 1 aromatic heterocycles. The van der Waals surface area contributed by atoms with Crippen LogP contribution in [0.2, 0.25) is 10.0 Å². The quantitative estimate of drug-likeness (QED) is 0.392. The van der Waals surface area contributed by atoms with Crippen LogP contribution in [0.15, 0.2) is 42.5 Å². The molecule has 1 N–H and O–H groups in total. The summed E-state index contributed by atoms with van der Waals surface area (Å²) < 4.78 is 2.05. The van der Waals surface area contributed by atoms with Crippen molar-refractivity contribution in [1.82, 2.24) is 9.88 Å². The van der Waals surface area contributed by atoms with Crippen molar-refractivity contribution in [3.63, 3.8) is 0 Å². The number of amides is 1. The minimum atomic E-state index is -0.532. The molecule has 0 saturated heterocycles. The maximum absolute atomic E-state index is 13.2. The zero-order valence-corrected chi connectivity index (χ0v) is 18.4. The van der Waals surface area contributed by atoms with Gasteiger partial charge in [0.25, 0.3) is 11.7 Å². The maximum atomic E-state index is 13.2. The molecule has 0 unspecified atom stereocenters. The van der Waals surface area contributed by atoms with Crippen LogP contribution in [-0.4, -0.2) is 22.3 Å². The maximum Gasteiger partial charge on any atom is 0.292 e. The monoisotopic (exact) mass is 442 g/mol. The number of benzene rings is 2. The highest BCUT2D eigenvalue weighted by molar-refractivity contribution is 6.45. The summed E-state index contributed by atoms with van der Waals surface area (Å²) >= 11 is 12.2. The Morgan fingerprint density at radius 1 is 1.00 bits per heavy atom. The molecule has 2 aromatic carbocycles. The summed E-state index contributed by atoms with van der Waals surface area (Å²) in [4.78, 5) is 26.0. The third-order valence-corrected chi connectivity index (χ3v) is 6.40. The highest BCUT2D eigenvalue weighted by atomic mass is 35.5. The van der Waals surface area contributed by atoms with E-state index in [4.69, 9.17) is 23.2 Å². The highest BCUT2D eigenvalue weighted by Gasteiger charge is 2.27. The van der Waals surface area contributed by atoms with E-state index < -0.39 is 11.7 Å². The molecule has 156 valence electrons. The molecule has 0 bridgehead atoms. The fourth-order valence-corrected chi connectivity index (χ4v) is 4.63. The first-order chi connectivity index (χ1) is 14.4. The largest absolute Gasteiger partial charge is 0.346 e. The topological polar surface area (TPSA) is 51.1 Å². The Morgan fingerprint density at radius 2 is 1.67 bits per heavy atom. The summed E-state index contributed by atoms with van der Waals surface area (Å²) in [5.74, 6) is -1.03. The van der Waals surface area contributed by atoms with Crippen molar-refractivity contribution in [2.45, 2.75) is 51.6 Å². The number of ketones is 1. The molecule has 0 atom stereocenters. The van der Waals surface area contributed by atoms with E-state index in [1.165, 1.54) is 6.42 Å². The first kappa shape index (κ1) is 21.0. The second-order valence-electron chi connectivity index (χ2n) is 7.97. The molecule has 1 aliphatic rings. The standard InChI is InChI=1S/C24H24Cl2N2O2/c1-15-22(23(29)24(30)27-19-5-3-2-4-6-19)20-13-18(26)11-12-21(20)28(15)14-16-7-9-17(25)10-8-16/h7-13,19H,2-6,14H2,1H3,(H,27,30). The van der Waals surface area contributed by atoms with Gasteiger partial charge < -0.3 is 9.88 Å². The van der Waals surface area contributed by atoms with Crippen LogP contribution in [0.25, 0.3) is 10.9 Å². The predicted octanol–water partition coefficient (Wildman–Crippen LogP) is 5.94. The molecule has 4 nitrogen and oxygen atoms in total. The van der Waals surface area contributed by atoms with E-state index in [0.29, 0.717) is 27.5 Å². The second kappa shape index (κ2) is 8.83. The molecule has 1 saturated carbocycles.